The Morgan fingerprint density at radius 2 is 1.90 bits per heavy atom. The SMILES string of the molecule is COc1ccc(N)c(NC(=O)Cc2c(F)cccc2F)c1. The first kappa shape index (κ1) is 14.8. The average Bonchev–Trinajstić information content (AvgIpc) is 2.45. The third-order valence-electron chi connectivity index (χ3n) is 2.93. The maximum absolute atomic E-state index is 13.5. The van der Waals surface area contributed by atoms with Gasteiger partial charge in [-0.25, -0.2) is 8.78 Å². The van der Waals surface area contributed by atoms with Crippen LogP contribution in [-0.4, -0.2) is 13.0 Å². The highest BCUT2D eigenvalue weighted by Crippen LogP contribution is 2.24. The molecule has 0 saturated heterocycles. The molecule has 110 valence electrons. The highest BCUT2D eigenvalue weighted by molar-refractivity contribution is 5.95. The van der Waals surface area contributed by atoms with Crippen LogP contribution in [-0.2, 0) is 11.2 Å². The van der Waals surface area contributed by atoms with E-state index < -0.39 is 24.0 Å². The molecular formula is C15H14F2N2O2. The van der Waals surface area contributed by atoms with Crippen molar-refractivity contribution in [2.24, 2.45) is 0 Å². The molecule has 0 saturated carbocycles. The molecule has 21 heavy (non-hydrogen) atoms. The second-order valence-electron chi connectivity index (χ2n) is 4.38. The van der Waals surface area contributed by atoms with Crippen LogP contribution in [0.25, 0.3) is 0 Å². The number of hydrogen-bond donors (Lipinski definition) is 2. The summed E-state index contributed by atoms with van der Waals surface area (Å²) < 4.78 is 32.0. The summed E-state index contributed by atoms with van der Waals surface area (Å²) in [6, 6.07) is 8.19. The summed E-state index contributed by atoms with van der Waals surface area (Å²) >= 11 is 0. The summed E-state index contributed by atoms with van der Waals surface area (Å²) in [4.78, 5) is 11.9. The lowest BCUT2D eigenvalue weighted by Crippen LogP contribution is -2.17. The Morgan fingerprint density at radius 3 is 2.52 bits per heavy atom. The van der Waals surface area contributed by atoms with E-state index in [-0.39, 0.29) is 5.56 Å². The number of nitrogen functional groups attached to an aromatic ring is 1. The first-order valence-electron chi connectivity index (χ1n) is 6.17. The fraction of sp³-hybridized carbons (Fsp3) is 0.133. The number of carbonyl (C=O) groups is 1. The monoisotopic (exact) mass is 292 g/mol. The van der Waals surface area contributed by atoms with Gasteiger partial charge in [0.2, 0.25) is 5.91 Å². The number of nitrogens with two attached hydrogens (primary N) is 1. The van der Waals surface area contributed by atoms with Crippen LogP contribution in [0.1, 0.15) is 5.56 Å². The van der Waals surface area contributed by atoms with Gasteiger partial charge in [0.05, 0.1) is 24.9 Å². The second-order valence-corrected chi connectivity index (χ2v) is 4.38. The summed E-state index contributed by atoms with van der Waals surface area (Å²) in [5, 5.41) is 2.51. The molecule has 0 aliphatic rings. The predicted molar refractivity (Wildman–Crippen MR) is 76.1 cm³/mol. The van der Waals surface area contributed by atoms with E-state index in [4.69, 9.17) is 10.5 Å². The Labute approximate surface area is 120 Å². The molecule has 6 heteroatoms. The molecule has 0 aliphatic heterocycles. The number of halogens is 2. The van der Waals surface area contributed by atoms with Gasteiger partial charge >= 0.3 is 0 Å². The molecule has 0 fully saturated rings. The van der Waals surface area contributed by atoms with Gasteiger partial charge in [-0.15, -0.1) is 0 Å². The average molecular weight is 292 g/mol. The van der Waals surface area contributed by atoms with Crippen LogP contribution in [0.4, 0.5) is 20.2 Å². The van der Waals surface area contributed by atoms with Crippen LogP contribution in [0.5, 0.6) is 5.75 Å². The van der Waals surface area contributed by atoms with Crippen molar-refractivity contribution in [3.63, 3.8) is 0 Å². The van der Waals surface area contributed by atoms with Crippen molar-refractivity contribution in [2.75, 3.05) is 18.2 Å². The summed E-state index contributed by atoms with van der Waals surface area (Å²) in [6.45, 7) is 0. The van der Waals surface area contributed by atoms with Gasteiger partial charge in [-0.1, -0.05) is 6.07 Å². The van der Waals surface area contributed by atoms with Crippen LogP contribution in [0.2, 0.25) is 0 Å². The van der Waals surface area contributed by atoms with E-state index in [0.29, 0.717) is 17.1 Å². The Kier molecular flexibility index (Phi) is 4.37. The maximum atomic E-state index is 13.5. The number of benzene rings is 2. The highest BCUT2D eigenvalue weighted by Gasteiger charge is 2.14. The Morgan fingerprint density at radius 1 is 1.24 bits per heavy atom. The van der Waals surface area contributed by atoms with Gasteiger partial charge < -0.3 is 15.8 Å². The second kappa shape index (κ2) is 6.21. The number of ether oxygens (including phenoxy) is 1. The molecule has 0 spiro atoms. The van der Waals surface area contributed by atoms with Gasteiger partial charge in [0.1, 0.15) is 17.4 Å². The van der Waals surface area contributed by atoms with Gasteiger partial charge in [-0.2, -0.15) is 0 Å². The van der Waals surface area contributed by atoms with Crippen LogP contribution in [0.3, 0.4) is 0 Å². The van der Waals surface area contributed by atoms with Crippen molar-refractivity contribution < 1.29 is 18.3 Å². The van der Waals surface area contributed by atoms with Gasteiger partial charge in [0.25, 0.3) is 0 Å². The summed E-state index contributed by atoms with van der Waals surface area (Å²) in [5.74, 6) is -1.58. The van der Waals surface area contributed by atoms with Crippen molar-refractivity contribution >= 4 is 17.3 Å². The Bertz CT molecular complexity index is 654. The molecule has 1 amide bonds. The molecule has 2 aromatic rings. The number of methoxy groups -OCH3 is 1. The van der Waals surface area contributed by atoms with Crippen LogP contribution in [0.15, 0.2) is 36.4 Å². The van der Waals surface area contributed by atoms with Crippen molar-refractivity contribution in [2.45, 2.75) is 6.42 Å². The lowest BCUT2D eigenvalue weighted by atomic mass is 10.1. The minimum absolute atomic E-state index is 0.281. The minimum Gasteiger partial charge on any atom is -0.497 e. The molecule has 0 unspecified atom stereocenters. The first-order valence-corrected chi connectivity index (χ1v) is 6.17. The molecule has 0 aliphatic carbocycles. The summed E-state index contributed by atoms with van der Waals surface area (Å²) in [7, 11) is 1.48. The Balaban J connectivity index is 2.15. The van der Waals surface area contributed by atoms with E-state index in [1.54, 1.807) is 12.1 Å². The van der Waals surface area contributed by atoms with E-state index >= 15 is 0 Å². The van der Waals surface area contributed by atoms with E-state index in [0.717, 1.165) is 12.1 Å². The van der Waals surface area contributed by atoms with Gasteiger partial charge in [0, 0.05) is 11.6 Å². The lowest BCUT2D eigenvalue weighted by Gasteiger charge is -2.10. The zero-order valence-electron chi connectivity index (χ0n) is 11.3. The van der Waals surface area contributed by atoms with Crippen LogP contribution in [0, 0.1) is 11.6 Å². The fourth-order valence-electron chi connectivity index (χ4n) is 1.83. The van der Waals surface area contributed by atoms with E-state index in [1.165, 1.54) is 19.2 Å². The normalized spacial score (nSPS) is 10.2. The zero-order valence-corrected chi connectivity index (χ0v) is 11.3. The number of anilines is 2. The highest BCUT2D eigenvalue weighted by atomic mass is 19.1. The van der Waals surface area contributed by atoms with Crippen molar-refractivity contribution in [1.29, 1.82) is 0 Å². The predicted octanol–water partition coefficient (Wildman–Crippen LogP) is 2.74. The van der Waals surface area contributed by atoms with Crippen LogP contribution < -0.4 is 15.8 Å². The minimum atomic E-state index is -0.760. The number of rotatable bonds is 4. The first-order chi connectivity index (χ1) is 10.0. The maximum Gasteiger partial charge on any atom is 0.229 e. The smallest absolute Gasteiger partial charge is 0.229 e. The van der Waals surface area contributed by atoms with Crippen molar-refractivity contribution in [3.8, 4) is 5.75 Å². The van der Waals surface area contributed by atoms with Crippen molar-refractivity contribution in [3.05, 3.63) is 53.6 Å². The molecule has 0 aromatic heterocycles. The zero-order chi connectivity index (χ0) is 15.4. The molecule has 0 radical (unpaired) electrons. The molecular weight excluding hydrogens is 278 g/mol. The number of hydrogen-bond acceptors (Lipinski definition) is 3. The summed E-state index contributed by atoms with van der Waals surface area (Å²) in [5.41, 5.74) is 6.11. The van der Waals surface area contributed by atoms with E-state index in [2.05, 4.69) is 5.32 Å². The molecule has 4 nitrogen and oxygen atoms in total. The number of amides is 1. The Hall–Kier alpha value is -2.63. The largest absolute Gasteiger partial charge is 0.497 e. The number of nitrogens with one attached hydrogen (secondary N) is 1. The third kappa shape index (κ3) is 3.47. The molecule has 2 aromatic carbocycles. The molecule has 0 bridgehead atoms. The topological polar surface area (TPSA) is 64.3 Å². The van der Waals surface area contributed by atoms with E-state index in [1.807, 2.05) is 0 Å². The number of carbonyl (C=O) groups excluding carboxylic acids is 1. The van der Waals surface area contributed by atoms with Crippen LogP contribution >= 0.6 is 0 Å². The molecule has 2 rings (SSSR count). The van der Waals surface area contributed by atoms with Gasteiger partial charge in [-0.05, 0) is 24.3 Å². The quantitative estimate of drug-likeness (QED) is 0.852. The fourth-order valence-corrected chi connectivity index (χ4v) is 1.83. The van der Waals surface area contributed by atoms with Gasteiger partial charge in [-0.3, -0.25) is 4.79 Å². The van der Waals surface area contributed by atoms with Gasteiger partial charge in [0.15, 0.2) is 0 Å². The lowest BCUT2D eigenvalue weighted by molar-refractivity contribution is -0.115. The third-order valence-corrected chi connectivity index (χ3v) is 2.93. The molecule has 3 N–H and O–H groups in total. The molecule has 0 atom stereocenters. The summed E-state index contributed by atoms with van der Waals surface area (Å²) in [6.07, 6.45) is -0.421. The van der Waals surface area contributed by atoms with E-state index in [9.17, 15) is 13.6 Å². The van der Waals surface area contributed by atoms with Crippen molar-refractivity contribution in [1.82, 2.24) is 0 Å². The standard InChI is InChI=1S/C15H14F2N2O2/c1-21-9-5-6-13(18)14(7-9)19-15(20)8-10-11(16)3-2-4-12(10)17/h2-7H,8,18H2,1H3,(H,19,20). The molecule has 0 heterocycles.